The number of aliphatic imine (C=N–C) groups is 2. The van der Waals surface area contributed by atoms with Crippen LogP contribution < -0.4 is 11.5 Å². The third-order valence-electron chi connectivity index (χ3n) is 11.7. The number of nitrogens with two attached hydrogens (primary N) is 2. The van der Waals surface area contributed by atoms with E-state index in [2.05, 4.69) is 90.7 Å². The van der Waals surface area contributed by atoms with Gasteiger partial charge in [-0.25, -0.2) is 0 Å². The average molecular weight is 761 g/mol. The van der Waals surface area contributed by atoms with E-state index < -0.39 is 0 Å². The maximum Gasteiger partial charge on any atom is 0.0957 e. The molecule has 12 nitrogen and oxygen atoms in total. The molecule has 4 heterocycles. The first-order chi connectivity index (χ1) is 26.2. The van der Waals surface area contributed by atoms with Crippen LogP contribution in [-0.2, 0) is 0 Å². The number of amidine groups is 2. The first-order valence-corrected chi connectivity index (χ1v) is 22.5. The summed E-state index contributed by atoms with van der Waals surface area (Å²) in [5.74, 6) is 2.47. The van der Waals surface area contributed by atoms with Gasteiger partial charge in [0.25, 0.3) is 0 Å². The lowest BCUT2D eigenvalue weighted by molar-refractivity contribution is -0.0453. The molecule has 0 bridgehead atoms. The highest BCUT2D eigenvalue weighted by Crippen LogP contribution is 2.16. The Hall–Kier alpha value is -1.38. The summed E-state index contributed by atoms with van der Waals surface area (Å²) in [5.41, 5.74) is 11.1. The normalized spacial score (nSPS) is 20.5. The van der Waals surface area contributed by atoms with Gasteiger partial charge in [0.1, 0.15) is 0 Å². The maximum absolute atomic E-state index is 5.57. The van der Waals surface area contributed by atoms with Crippen LogP contribution in [-0.4, -0.2) is 182 Å². The molecular weight excluding hydrogens is 673 g/mol. The molecule has 2 fully saturated rings. The van der Waals surface area contributed by atoms with Crippen LogP contribution >= 0.6 is 0 Å². The van der Waals surface area contributed by atoms with Crippen LogP contribution in [0.2, 0.25) is 0 Å². The van der Waals surface area contributed by atoms with Gasteiger partial charge in [-0.2, -0.15) is 0 Å². The molecule has 0 unspecified atom stereocenters. The van der Waals surface area contributed by atoms with Crippen molar-refractivity contribution in [2.75, 3.05) is 119 Å². The van der Waals surface area contributed by atoms with Crippen molar-refractivity contribution < 1.29 is 0 Å². The number of unbranched alkanes of at least 4 members (excludes halogenated alkanes) is 8. The minimum atomic E-state index is 0.591. The van der Waals surface area contributed by atoms with Crippen LogP contribution in [0.1, 0.15) is 131 Å². The highest BCUT2D eigenvalue weighted by molar-refractivity contribution is 5.80. The Kier molecular flexibility index (Phi) is 24.4. The summed E-state index contributed by atoms with van der Waals surface area (Å²) in [6.07, 6.45) is 17.8. The van der Waals surface area contributed by atoms with E-state index in [9.17, 15) is 0 Å². The predicted octanol–water partition coefficient (Wildman–Crippen LogP) is 5.22. The quantitative estimate of drug-likeness (QED) is 0.128. The molecule has 12 heteroatoms. The van der Waals surface area contributed by atoms with Crippen molar-refractivity contribution in [2.24, 2.45) is 21.5 Å². The summed E-state index contributed by atoms with van der Waals surface area (Å²) < 4.78 is 0. The fraction of sp³-hybridized carbons (Fsp3) is 0.952. The molecule has 0 spiro atoms. The molecule has 4 rings (SSSR count). The van der Waals surface area contributed by atoms with Crippen molar-refractivity contribution in [3.8, 4) is 0 Å². The van der Waals surface area contributed by atoms with Gasteiger partial charge in [-0.05, 0) is 106 Å². The molecule has 4 aliphatic heterocycles. The largest absolute Gasteiger partial charge is 0.360 e. The summed E-state index contributed by atoms with van der Waals surface area (Å²) in [6.45, 7) is 33.5. The molecule has 0 aromatic carbocycles. The molecule has 0 aromatic heterocycles. The molecule has 316 valence electrons. The molecule has 0 amide bonds. The van der Waals surface area contributed by atoms with Crippen LogP contribution in [0.25, 0.3) is 0 Å². The fourth-order valence-corrected chi connectivity index (χ4v) is 8.15. The van der Waals surface area contributed by atoms with E-state index >= 15 is 0 Å². The lowest BCUT2D eigenvalue weighted by atomic mass is 10.1. The second kappa shape index (κ2) is 28.1. The standard InChI is InChI=1S/C22H43N7.C20H45N5/c1-20(2)29-18-25(11-7-15-27-13-5-9-23-21(27)3)17-26(19-29)12-8-16-28-14-6-10-24-22(28)4;1-20(2)25-18-23(15-11-7-3-5-9-13-21)17-24(19-25)16-12-8-4-6-10-14-22/h20H,5-19H2,1-4H3;20H,3-19,21-22H2,1-2H3. The Bertz CT molecular complexity index is 938. The van der Waals surface area contributed by atoms with Crippen molar-refractivity contribution in [2.45, 2.75) is 144 Å². The third-order valence-corrected chi connectivity index (χ3v) is 11.7. The Morgan fingerprint density at radius 2 is 0.778 bits per heavy atom. The minimum Gasteiger partial charge on any atom is -0.360 e. The molecule has 0 radical (unpaired) electrons. The van der Waals surface area contributed by atoms with E-state index in [1.54, 1.807) is 0 Å². The van der Waals surface area contributed by atoms with E-state index in [1.165, 1.54) is 141 Å². The van der Waals surface area contributed by atoms with Crippen LogP contribution in [0.5, 0.6) is 0 Å². The van der Waals surface area contributed by atoms with Gasteiger partial charge >= 0.3 is 0 Å². The Morgan fingerprint density at radius 3 is 1.11 bits per heavy atom. The highest BCUT2D eigenvalue weighted by atomic mass is 15.5. The molecule has 4 aliphatic rings. The van der Waals surface area contributed by atoms with E-state index in [0.29, 0.717) is 12.1 Å². The van der Waals surface area contributed by atoms with E-state index in [-0.39, 0.29) is 0 Å². The van der Waals surface area contributed by atoms with Gasteiger partial charge in [0.05, 0.1) is 51.7 Å². The maximum atomic E-state index is 5.57. The Balaban J connectivity index is 0.000000294. The number of hydrogen-bond acceptors (Lipinski definition) is 12. The van der Waals surface area contributed by atoms with Crippen molar-refractivity contribution in [1.29, 1.82) is 0 Å². The zero-order valence-corrected chi connectivity index (χ0v) is 36.4. The molecule has 2 saturated heterocycles. The van der Waals surface area contributed by atoms with Gasteiger partial charge in [-0.3, -0.25) is 39.4 Å². The molecule has 0 saturated carbocycles. The minimum absolute atomic E-state index is 0.591. The SMILES string of the molecule is CC(C)N1CN(CCCCCCCN)CN(CCCCCCCN)C1.CC1=NCCCN1CCCN1CN(CCCN2CCCN=C2C)CN(C(C)C)C1. The fourth-order valence-electron chi connectivity index (χ4n) is 8.15. The van der Waals surface area contributed by atoms with Gasteiger partial charge < -0.3 is 21.3 Å². The number of hydrogen-bond donors (Lipinski definition) is 2. The molecule has 0 atom stereocenters. The number of nitrogens with zero attached hydrogens (tertiary/aromatic N) is 10. The lowest BCUT2D eigenvalue weighted by Crippen LogP contribution is -2.57. The summed E-state index contributed by atoms with van der Waals surface area (Å²) in [6, 6.07) is 1.22. The van der Waals surface area contributed by atoms with Gasteiger partial charge in [-0.15, -0.1) is 0 Å². The first-order valence-electron chi connectivity index (χ1n) is 22.5. The zero-order valence-electron chi connectivity index (χ0n) is 36.4. The van der Waals surface area contributed by atoms with Crippen molar-refractivity contribution in [1.82, 2.24) is 39.2 Å². The zero-order chi connectivity index (χ0) is 39.0. The average Bonchev–Trinajstić information content (AvgIpc) is 3.16. The summed E-state index contributed by atoms with van der Waals surface area (Å²) in [5, 5.41) is 0. The molecule has 0 aliphatic carbocycles. The molecule has 4 N–H and O–H groups in total. The predicted molar refractivity (Wildman–Crippen MR) is 232 cm³/mol. The summed E-state index contributed by atoms with van der Waals surface area (Å²) in [7, 11) is 0. The van der Waals surface area contributed by atoms with E-state index in [0.717, 1.165) is 79.3 Å². The summed E-state index contributed by atoms with van der Waals surface area (Å²) >= 11 is 0. The topological polar surface area (TPSA) is 103 Å². The van der Waals surface area contributed by atoms with Crippen LogP contribution in [0.4, 0.5) is 0 Å². The van der Waals surface area contributed by atoms with Crippen molar-refractivity contribution in [3.63, 3.8) is 0 Å². The second-order valence-corrected chi connectivity index (χ2v) is 17.2. The highest BCUT2D eigenvalue weighted by Gasteiger charge is 2.26. The molecule has 54 heavy (non-hydrogen) atoms. The van der Waals surface area contributed by atoms with E-state index in [1.807, 2.05) is 0 Å². The van der Waals surface area contributed by atoms with Crippen molar-refractivity contribution >= 4 is 11.7 Å². The summed E-state index contributed by atoms with van der Waals surface area (Å²) in [4.78, 5) is 29.9. The smallest absolute Gasteiger partial charge is 0.0957 e. The van der Waals surface area contributed by atoms with Crippen molar-refractivity contribution in [3.05, 3.63) is 0 Å². The Morgan fingerprint density at radius 1 is 0.444 bits per heavy atom. The van der Waals surface area contributed by atoms with Gasteiger partial charge in [0, 0.05) is 77.5 Å². The first kappa shape index (κ1) is 47.0. The monoisotopic (exact) mass is 761 g/mol. The van der Waals surface area contributed by atoms with E-state index in [4.69, 9.17) is 11.5 Å². The van der Waals surface area contributed by atoms with Gasteiger partial charge in [0.2, 0.25) is 0 Å². The number of rotatable bonds is 24. The van der Waals surface area contributed by atoms with Crippen LogP contribution in [0.15, 0.2) is 9.98 Å². The third kappa shape index (κ3) is 19.2. The van der Waals surface area contributed by atoms with Gasteiger partial charge in [0.15, 0.2) is 0 Å². The van der Waals surface area contributed by atoms with Gasteiger partial charge in [-0.1, -0.05) is 38.5 Å². The second-order valence-electron chi connectivity index (χ2n) is 17.2. The lowest BCUT2D eigenvalue weighted by Gasteiger charge is -2.44. The molecule has 0 aromatic rings. The van der Waals surface area contributed by atoms with Crippen LogP contribution in [0, 0.1) is 0 Å². The Labute approximate surface area is 333 Å². The van der Waals surface area contributed by atoms with Crippen LogP contribution in [0.3, 0.4) is 0 Å². The molecular formula is C42H88N12.